The minimum absolute atomic E-state index is 0.123. The minimum atomic E-state index is -0.594. The molecule has 0 aliphatic rings. The first kappa shape index (κ1) is 40.5. The molecule has 0 aliphatic heterocycles. The third-order valence-corrected chi connectivity index (χ3v) is 6.94. The first-order valence-corrected chi connectivity index (χ1v) is 16.6. The number of carbonyl (C=O) groups excluding carboxylic acids is 3. The van der Waals surface area contributed by atoms with Gasteiger partial charge in [0, 0.05) is 37.2 Å². The smallest absolute Gasteiger partial charge is 0.326 e. The Labute approximate surface area is 320 Å². The summed E-state index contributed by atoms with van der Waals surface area (Å²) in [6, 6.07) is 18.7. The van der Waals surface area contributed by atoms with Crippen molar-refractivity contribution in [3.63, 3.8) is 0 Å². The number of anilines is 6. The van der Waals surface area contributed by atoms with Crippen molar-refractivity contribution in [1.29, 1.82) is 0 Å². The fourth-order valence-electron chi connectivity index (χ4n) is 4.03. The van der Waals surface area contributed by atoms with Crippen molar-refractivity contribution < 1.29 is 23.5 Å². The predicted molar refractivity (Wildman–Crippen MR) is 209 cm³/mol. The molecule has 282 valence electrons. The third-order valence-electron chi connectivity index (χ3n) is 6.63. The van der Waals surface area contributed by atoms with Gasteiger partial charge in [0.25, 0.3) is 0 Å². The van der Waals surface area contributed by atoms with E-state index in [4.69, 9.17) is 16.3 Å². The number of ether oxygens (including phenoxy) is 1. The Morgan fingerprint density at radius 1 is 0.545 bits per heavy atom. The summed E-state index contributed by atoms with van der Waals surface area (Å²) in [5.41, 5.74) is 2.96. The second-order valence-corrected chi connectivity index (χ2v) is 11.5. The van der Waals surface area contributed by atoms with Gasteiger partial charge in [-0.25, -0.2) is 48.7 Å². The highest BCUT2D eigenvalue weighted by Crippen LogP contribution is 2.23. The van der Waals surface area contributed by atoms with E-state index in [0.717, 1.165) is 16.7 Å². The number of hydrogen-bond acceptors (Lipinski definition) is 10. The number of nitrogens with zero attached hydrogens (tertiary/aromatic N) is 6. The van der Waals surface area contributed by atoms with E-state index in [2.05, 4.69) is 61.8 Å². The molecule has 6 heterocycles. The molecule has 6 amide bonds. The van der Waals surface area contributed by atoms with Crippen LogP contribution in [-0.4, -0.2) is 55.1 Å². The van der Waals surface area contributed by atoms with Crippen LogP contribution in [0.5, 0.6) is 5.75 Å². The molecule has 0 aliphatic carbocycles. The van der Waals surface area contributed by atoms with Gasteiger partial charge in [-0.3, -0.25) is 31.9 Å². The van der Waals surface area contributed by atoms with E-state index in [1.807, 2.05) is 32.9 Å². The van der Waals surface area contributed by atoms with Gasteiger partial charge in [0.2, 0.25) is 0 Å². The molecule has 0 aromatic carbocycles. The highest BCUT2D eigenvalue weighted by atomic mass is 35.5. The molecule has 0 atom stereocenters. The average Bonchev–Trinajstić information content (AvgIpc) is 3.17. The number of hydrogen-bond donors (Lipinski definition) is 6. The third kappa shape index (κ3) is 14.0. The lowest BCUT2D eigenvalue weighted by atomic mass is 10.3. The fraction of sp³-hybridized carbons (Fsp3) is 0.108. The standard InChI is InChI=1S/C13H13ClN4O2.C12H11FN4O.C12H12N4O/c1-8-6-10(20-2)12(16-7-8)18-13(19)17-11-9(14)4-3-5-15-11;1-8-4-5-10(15-7-8)16-12(18)17-11-9(13)3-2-6-14-11;1-9-5-6-11(14-8-9)16-12(17)15-10-4-2-3-7-13-10/h3-7H,1-2H3,(H2,15,16,17,18,19);2-7H,1H3,(H2,14,15,16,17,18);2-8H,1H3,(H2,13,14,15,16,17). The first-order chi connectivity index (χ1) is 26.5. The van der Waals surface area contributed by atoms with E-state index in [9.17, 15) is 18.8 Å². The summed E-state index contributed by atoms with van der Waals surface area (Å²) in [6.07, 6.45) is 9.48. The predicted octanol–water partition coefficient (Wildman–Crippen LogP) is 8.09. The highest BCUT2D eigenvalue weighted by molar-refractivity contribution is 6.33. The van der Waals surface area contributed by atoms with Gasteiger partial charge in [0.1, 0.15) is 17.5 Å². The Bertz CT molecular complexity index is 2180. The van der Waals surface area contributed by atoms with Gasteiger partial charge in [-0.15, -0.1) is 0 Å². The molecule has 6 aromatic rings. The van der Waals surface area contributed by atoms with E-state index in [0.29, 0.717) is 34.0 Å². The molecule has 55 heavy (non-hydrogen) atoms. The number of carbonyl (C=O) groups is 3. The van der Waals surface area contributed by atoms with Crippen molar-refractivity contribution in [3.8, 4) is 5.75 Å². The molecule has 0 saturated heterocycles. The van der Waals surface area contributed by atoms with Crippen LogP contribution < -0.4 is 36.6 Å². The molecule has 0 bridgehead atoms. The van der Waals surface area contributed by atoms with Crippen LogP contribution in [0.2, 0.25) is 5.02 Å². The quantitative estimate of drug-likeness (QED) is 0.0919. The topological polar surface area (TPSA) is 210 Å². The van der Waals surface area contributed by atoms with Gasteiger partial charge in [-0.2, -0.15) is 0 Å². The molecule has 16 nitrogen and oxygen atoms in total. The largest absolute Gasteiger partial charge is 0.493 e. The maximum absolute atomic E-state index is 13.2. The van der Waals surface area contributed by atoms with Crippen molar-refractivity contribution in [2.24, 2.45) is 0 Å². The van der Waals surface area contributed by atoms with E-state index < -0.39 is 17.9 Å². The van der Waals surface area contributed by atoms with Crippen LogP contribution in [0.15, 0.2) is 110 Å². The number of pyridine rings is 6. The number of nitrogens with one attached hydrogen (secondary N) is 6. The van der Waals surface area contributed by atoms with Crippen molar-refractivity contribution in [1.82, 2.24) is 29.9 Å². The molecule has 0 spiro atoms. The lowest BCUT2D eigenvalue weighted by Crippen LogP contribution is -2.21. The maximum atomic E-state index is 13.2. The van der Waals surface area contributed by atoms with Gasteiger partial charge >= 0.3 is 18.1 Å². The molecule has 0 fully saturated rings. The van der Waals surface area contributed by atoms with Crippen LogP contribution in [0.1, 0.15) is 16.7 Å². The lowest BCUT2D eigenvalue weighted by Gasteiger charge is -2.10. The van der Waals surface area contributed by atoms with Crippen molar-refractivity contribution >= 4 is 64.6 Å². The van der Waals surface area contributed by atoms with Crippen LogP contribution in [0.3, 0.4) is 0 Å². The van der Waals surface area contributed by atoms with Crippen molar-refractivity contribution in [2.45, 2.75) is 20.8 Å². The maximum Gasteiger partial charge on any atom is 0.326 e. The number of aryl methyl sites for hydroxylation is 3. The SMILES string of the molecule is COc1cc(C)cnc1NC(=O)Nc1ncccc1Cl.Cc1ccc(NC(=O)Nc2ccccn2)nc1.Cc1ccc(NC(=O)Nc2ncccc2F)nc1. The molecule has 0 radical (unpaired) electrons. The summed E-state index contributed by atoms with van der Waals surface area (Å²) in [4.78, 5) is 58.8. The molecule has 18 heteroatoms. The van der Waals surface area contributed by atoms with Gasteiger partial charge < -0.3 is 4.74 Å². The van der Waals surface area contributed by atoms with E-state index >= 15 is 0 Å². The molecule has 6 N–H and O–H groups in total. The zero-order valence-electron chi connectivity index (χ0n) is 30.0. The van der Waals surface area contributed by atoms with Crippen LogP contribution >= 0.6 is 11.6 Å². The van der Waals surface area contributed by atoms with Gasteiger partial charge in [-0.05, 0) is 92.1 Å². The molecular formula is C37H36ClFN12O4. The van der Waals surface area contributed by atoms with Gasteiger partial charge in [0.15, 0.2) is 29.0 Å². The second-order valence-electron chi connectivity index (χ2n) is 11.1. The first-order valence-electron chi connectivity index (χ1n) is 16.2. The number of rotatable bonds is 7. The summed E-state index contributed by atoms with van der Waals surface area (Å²) < 4.78 is 18.4. The number of urea groups is 3. The number of methoxy groups -OCH3 is 1. The zero-order valence-corrected chi connectivity index (χ0v) is 30.7. The number of amides is 6. The molecule has 6 aromatic heterocycles. The van der Waals surface area contributed by atoms with Crippen LogP contribution in [0, 0.1) is 26.6 Å². The normalized spacial score (nSPS) is 9.85. The summed E-state index contributed by atoms with van der Waals surface area (Å²) in [5, 5.41) is 15.5. The monoisotopic (exact) mass is 766 g/mol. The van der Waals surface area contributed by atoms with Gasteiger partial charge in [0.05, 0.1) is 12.1 Å². The Balaban J connectivity index is 0.000000184. The Morgan fingerprint density at radius 2 is 1.05 bits per heavy atom. The molecule has 0 saturated carbocycles. The van der Waals surface area contributed by atoms with Crippen LogP contribution in [0.4, 0.5) is 53.7 Å². The van der Waals surface area contributed by atoms with E-state index in [-0.39, 0.29) is 17.7 Å². The van der Waals surface area contributed by atoms with E-state index in [1.54, 1.807) is 73.3 Å². The minimum Gasteiger partial charge on any atom is -0.493 e. The number of aromatic nitrogens is 6. The summed E-state index contributed by atoms with van der Waals surface area (Å²) in [6.45, 7) is 5.71. The molecular weight excluding hydrogens is 731 g/mol. The second kappa shape index (κ2) is 20.7. The lowest BCUT2D eigenvalue weighted by molar-refractivity contribution is 0.261. The van der Waals surface area contributed by atoms with Gasteiger partial charge in [-0.1, -0.05) is 29.8 Å². The average molecular weight is 767 g/mol. The summed E-state index contributed by atoms with van der Waals surface area (Å²) >= 11 is 5.91. The Hall–Kier alpha value is -7.27. The Kier molecular flexibility index (Phi) is 15.2. The molecule has 0 unspecified atom stereocenters. The fourth-order valence-corrected chi connectivity index (χ4v) is 4.20. The summed E-state index contributed by atoms with van der Waals surface area (Å²) in [7, 11) is 1.51. The van der Waals surface area contributed by atoms with Crippen LogP contribution in [0.25, 0.3) is 0 Å². The highest BCUT2D eigenvalue weighted by Gasteiger charge is 2.12. The van der Waals surface area contributed by atoms with Crippen LogP contribution in [-0.2, 0) is 0 Å². The van der Waals surface area contributed by atoms with E-state index in [1.165, 1.54) is 31.6 Å². The van der Waals surface area contributed by atoms with Crippen molar-refractivity contribution in [3.05, 3.63) is 138 Å². The summed E-state index contributed by atoms with van der Waals surface area (Å²) in [5.74, 6) is 1.75. The Morgan fingerprint density at radius 3 is 1.60 bits per heavy atom. The van der Waals surface area contributed by atoms with Crippen molar-refractivity contribution in [2.75, 3.05) is 39.0 Å². The number of halogens is 2. The molecule has 6 rings (SSSR count). The zero-order chi connectivity index (χ0) is 39.6.